The summed E-state index contributed by atoms with van der Waals surface area (Å²) in [6.07, 6.45) is 8.73. The number of ether oxygens (including phenoxy) is 2. The molecule has 5 atom stereocenters. The lowest BCUT2D eigenvalue weighted by Gasteiger charge is -2.34. The van der Waals surface area contributed by atoms with Gasteiger partial charge in [-0.2, -0.15) is 0 Å². The number of halogens is 1. The molecule has 2 aromatic rings. The number of carbonyl (C=O) groups excluding carboxylic acids is 3. The highest BCUT2D eigenvalue weighted by atomic mass is 35.5. The lowest BCUT2D eigenvalue weighted by Crippen LogP contribution is -2.56. The average molecular weight is 564 g/mol. The third kappa shape index (κ3) is 4.67. The van der Waals surface area contributed by atoms with Crippen LogP contribution in [-0.4, -0.2) is 60.1 Å². The molecular weight excluding hydrogens is 530 g/mol. The second-order valence-electron chi connectivity index (χ2n) is 11.1. The van der Waals surface area contributed by atoms with E-state index < -0.39 is 29.6 Å². The Morgan fingerprint density at radius 2 is 1.90 bits per heavy atom. The van der Waals surface area contributed by atoms with E-state index in [9.17, 15) is 14.4 Å². The van der Waals surface area contributed by atoms with Crippen molar-refractivity contribution in [3.8, 4) is 5.75 Å². The molecule has 0 aromatic heterocycles. The molecule has 0 unspecified atom stereocenters. The molecule has 2 N–H and O–H groups in total. The van der Waals surface area contributed by atoms with Gasteiger partial charge in [0.25, 0.3) is 0 Å². The van der Waals surface area contributed by atoms with Gasteiger partial charge >= 0.3 is 0 Å². The van der Waals surface area contributed by atoms with E-state index in [2.05, 4.69) is 10.6 Å². The molecule has 0 radical (unpaired) electrons. The number of carbonyl (C=O) groups is 3. The van der Waals surface area contributed by atoms with Gasteiger partial charge in [0.1, 0.15) is 17.4 Å². The van der Waals surface area contributed by atoms with Crippen LogP contribution in [0, 0.1) is 11.8 Å². The lowest BCUT2D eigenvalue weighted by atomic mass is 9.74. The van der Waals surface area contributed by atoms with Crippen molar-refractivity contribution >= 4 is 35.0 Å². The maximum absolute atomic E-state index is 14.2. The molecule has 40 heavy (non-hydrogen) atoms. The number of rotatable bonds is 8. The van der Waals surface area contributed by atoms with Gasteiger partial charge in [0.05, 0.1) is 25.0 Å². The standard InChI is InChI=1S/C31H34ClN3O5/c1-39-22-12-7-11-21(18-22)34-28(36)25-24-14-16-31(40-24)26(25)30(38)35(17-15-19-8-5-6-13-23(19)32)27(31)29(37)33-20-9-3-2-4-10-20/h5-8,11-14,16,18,20,24-27H,2-4,9-10,15,17H2,1H3,(H,33,37)(H,34,36)/t24-,25+,26-,27+,31-/m0/s1. The first kappa shape index (κ1) is 26.8. The van der Waals surface area contributed by atoms with Gasteiger partial charge in [0.2, 0.25) is 17.7 Å². The summed E-state index contributed by atoms with van der Waals surface area (Å²) in [5.41, 5.74) is 0.265. The van der Waals surface area contributed by atoms with E-state index in [1.54, 1.807) is 36.3 Å². The molecule has 3 fully saturated rings. The highest BCUT2D eigenvalue weighted by Crippen LogP contribution is 2.55. The summed E-state index contributed by atoms with van der Waals surface area (Å²) in [5, 5.41) is 6.78. The molecule has 2 aromatic carbocycles. The van der Waals surface area contributed by atoms with Crippen LogP contribution in [0.5, 0.6) is 5.75 Å². The summed E-state index contributed by atoms with van der Waals surface area (Å²) < 4.78 is 11.7. The summed E-state index contributed by atoms with van der Waals surface area (Å²) in [6, 6.07) is 13.8. The van der Waals surface area contributed by atoms with Crippen LogP contribution in [0.3, 0.4) is 0 Å². The second-order valence-corrected chi connectivity index (χ2v) is 11.5. The van der Waals surface area contributed by atoms with E-state index in [1.165, 1.54) is 6.42 Å². The van der Waals surface area contributed by atoms with E-state index in [0.29, 0.717) is 22.9 Å². The Balaban J connectivity index is 1.29. The maximum Gasteiger partial charge on any atom is 0.246 e. The highest BCUT2D eigenvalue weighted by molar-refractivity contribution is 6.31. The predicted octanol–water partition coefficient (Wildman–Crippen LogP) is 4.13. The van der Waals surface area contributed by atoms with Crippen LogP contribution in [0.4, 0.5) is 5.69 Å². The second kappa shape index (κ2) is 10.9. The third-order valence-corrected chi connectivity index (χ3v) is 9.16. The average Bonchev–Trinajstić information content (AvgIpc) is 3.60. The first-order chi connectivity index (χ1) is 19.4. The smallest absolute Gasteiger partial charge is 0.246 e. The van der Waals surface area contributed by atoms with E-state index in [-0.39, 0.29) is 30.3 Å². The van der Waals surface area contributed by atoms with Crippen molar-refractivity contribution in [1.29, 1.82) is 0 Å². The molecule has 9 heteroatoms. The molecule has 1 aliphatic carbocycles. The molecule has 3 aliphatic heterocycles. The van der Waals surface area contributed by atoms with Gasteiger partial charge < -0.3 is 25.0 Å². The van der Waals surface area contributed by atoms with Crippen molar-refractivity contribution in [2.45, 2.75) is 62.3 Å². The van der Waals surface area contributed by atoms with Crippen molar-refractivity contribution < 1.29 is 23.9 Å². The lowest BCUT2D eigenvalue weighted by molar-refractivity contribution is -0.141. The molecule has 4 aliphatic rings. The summed E-state index contributed by atoms with van der Waals surface area (Å²) >= 11 is 6.41. The van der Waals surface area contributed by atoms with Gasteiger partial charge in [0, 0.05) is 29.4 Å². The van der Waals surface area contributed by atoms with Crippen molar-refractivity contribution in [3.05, 3.63) is 71.3 Å². The minimum Gasteiger partial charge on any atom is -0.497 e. The number of nitrogens with one attached hydrogen (secondary N) is 2. The largest absolute Gasteiger partial charge is 0.497 e. The number of methoxy groups -OCH3 is 1. The fourth-order valence-corrected chi connectivity index (χ4v) is 7.13. The normalized spacial score (nSPS) is 28.9. The van der Waals surface area contributed by atoms with Crippen LogP contribution in [0.25, 0.3) is 0 Å². The fourth-order valence-electron chi connectivity index (χ4n) is 6.90. The van der Waals surface area contributed by atoms with E-state index in [4.69, 9.17) is 21.1 Å². The SMILES string of the molecule is COc1cccc(NC(=O)[C@@H]2[C@@H]3C=C[C@]4(O3)[C@@H]2C(=O)N(CCc2ccccc2Cl)[C@@H]4C(=O)NC2CCCCC2)c1. The predicted molar refractivity (Wildman–Crippen MR) is 151 cm³/mol. The Morgan fingerprint density at radius 1 is 1.10 bits per heavy atom. The highest BCUT2D eigenvalue weighted by Gasteiger charge is 2.72. The van der Waals surface area contributed by atoms with Crippen molar-refractivity contribution in [2.24, 2.45) is 11.8 Å². The number of fused-ring (bicyclic) bond motifs is 1. The molecule has 2 saturated heterocycles. The molecular formula is C31H34ClN3O5. The van der Waals surface area contributed by atoms with Crippen LogP contribution in [0.1, 0.15) is 37.7 Å². The minimum atomic E-state index is -1.20. The van der Waals surface area contributed by atoms with E-state index >= 15 is 0 Å². The maximum atomic E-state index is 14.2. The molecule has 8 nitrogen and oxygen atoms in total. The van der Waals surface area contributed by atoms with Gasteiger partial charge in [-0.25, -0.2) is 0 Å². The Hall–Kier alpha value is -3.36. The van der Waals surface area contributed by atoms with Crippen LogP contribution in [0.15, 0.2) is 60.7 Å². The molecule has 210 valence electrons. The van der Waals surface area contributed by atoms with Crippen LogP contribution in [-0.2, 0) is 25.5 Å². The number of likely N-dealkylation sites (tertiary alicyclic amines) is 1. The molecule has 6 rings (SSSR count). The molecule has 1 spiro atoms. The summed E-state index contributed by atoms with van der Waals surface area (Å²) in [4.78, 5) is 43.4. The van der Waals surface area contributed by atoms with Crippen molar-refractivity contribution in [2.75, 3.05) is 19.0 Å². The Labute approximate surface area is 239 Å². The van der Waals surface area contributed by atoms with Gasteiger partial charge in [-0.15, -0.1) is 0 Å². The summed E-state index contributed by atoms with van der Waals surface area (Å²) in [7, 11) is 1.56. The number of hydrogen-bond acceptors (Lipinski definition) is 5. The monoisotopic (exact) mass is 563 g/mol. The fraction of sp³-hybridized carbons (Fsp3) is 0.452. The number of hydrogen-bond donors (Lipinski definition) is 2. The van der Waals surface area contributed by atoms with Gasteiger partial charge in [-0.3, -0.25) is 14.4 Å². The zero-order valence-corrected chi connectivity index (χ0v) is 23.2. The Morgan fingerprint density at radius 3 is 2.67 bits per heavy atom. The van der Waals surface area contributed by atoms with Crippen molar-refractivity contribution in [3.63, 3.8) is 0 Å². The van der Waals surface area contributed by atoms with Crippen LogP contribution in [0.2, 0.25) is 5.02 Å². The first-order valence-electron chi connectivity index (χ1n) is 14.1. The van der Waals surface area contributed by atoms with Gasteiger partial charge in [-0.05, 0) is 43.0 Å². The molecule has 3 amide bonds. The number of nitrogens with zero attached hydrogens (tertiary/aromatic N) is 1. The summed E-state index contributed by atoms with van der Waals surface area (Å²) in [6.45, 7) is 0.287. The Bertz CT molecular complexity index is 1340. The first-order valence-corrected chi connectivity index (χ1v) is 14.5. The topological polar surface area (TPSA) is 97.0 Å². The minimum absolute atomic E-state index is 0.0759. The van der Waals surface area contributed by atoms with Crippen LogP contribution < -0.4 is 15.4 Å². The zero-order valence-electron chi connectivity index (χ0n) is 22.5. The van der Waals surface area contributed by atoms with Crippen LogP contribution >= 0.6 is 11.6 Å². The number of benzene rings is 2. The summed E-state index contributed by atoms with van der Waals surface area (Å²) in [5.74, 6) is -1.74. The van der Waals surface area contributed by atoms with Gasteiger partial charge in [0.15, 0.2) is 0 Å². The molecule has 1 saturated carbocycles. The third-order valence-electron chi connectivity index (χ3n) is 8.79. The molecule has 3 heterocycles. The Kier molecular flexibility index (Phi) is 7.31. The quantitative estimate of drug-likeness (QED) is 0.471. The van der Waals surface area contributed by atoms with E-state index in [1.807, 2.05) is 36.4 Å². The number of anilines is 1. The van der Waals surface area contributed by atoms with E-state index in [0.717, 1.165) is 31.2 Å². The molecule has 2 bridgehead atoms. The zero-order chi connectivity index (χ0) is 27.9. The van der Waals surface area contributed by atoms with Gasteiger partial charge in [-0.1, -0.05) is 67.3 Å². The number of amides is 3. The van der Waals surface area contributed by atoms with Crippen molar-refractivity contribution in [1.82, 2.24) is 10.2 Å².